The van der Waals surface area contributed by atoms with Gasteiger partial charge in [0.15, 0.2) is 0 Å². The molecule has 2 fully saturated rings. The lowest BCUT2D eigenvalue weighted by atomic mass is 9.85. The zero-order valence-electron chi connectivity index (χ0n) is 16.8. The minimum Gasteiger partial charge on any atom is -0.342 e. The maximum Gasteiger partial charge on any atom is 0.327 e. The molecule has 1 spiro atoms. The number of aryl methyl sites for hydroxylation is 1. The lowest BCUT2D eigenvalue weighted by Crippen LogP contribution is -2.58. The summed E-state index contributed by atoms with van der Waals surface area (Å²) in [6, 6.07) is 4.66. The number of urea groups is 1. The number of rotatable bonds is 5. The van der Waals surface area contributed by atoms with E-state index in [-0.39, 0.29) is 35.7 Å². The molecule has 4 amide bonds. The third-order valence-corrected chi connectivity index (χ3v) is 5.69. The number of piperidine rings is 1. The molecule has 1 aromatic heterocycles. The lowest BCUT2D eigenvalue weighted by Gasteiger charge is -2.42. The van der Waals surface area contributed by atoms with Crippen LogP contribution < -0.4 is 5.56 Å². The Morgan fingerprint density at radius 1 is 1.14 bits per heavy atom. The summed E-state index contributed by atoms with van der Waals surface area (Å²) in [5, 5.41) is 0. The third kappa shape index (κ3) is 3.55. The van der Waals surface area contributed by atoms with Gasteiger partial charge in [-0.05, 0) is 24.8 Å². The van der Waals surface area contributed by atoms with Crippen LogP contribution in [-0.4, -0.2) is 69.3 Å². The number of carbonyl (C=O) groups excluding carboxylic acids is 3. The summed E-state index contributed by atoms with van der Waals surface area (Å²) in [5.41, 5.74) is -0.959. The first-order chi connectivity index (χ1) is 13.3. The first kappa shape index (κ1) is 20.1. The van der Waals surface area contributed by atoms with Gasteiger partial charge >= 0.3 is 6.03 Å². The highest BCUT2D eigenvalue weighted by molar-refractivity contribution is 6.06. The van der Waals surface area contributed by atoms with Crippen LogP contribution in [0.1, 0.15) is 33.1 Å². The number of nitrogens with zero attached hydrogens (tertiary/aromatic N) is 4. The van der Waals surface area contributed by atoms with Gasteiger partial charge in [-0.25, -0.2) is 4.79 Å². The molecule has 0 saturated carbocycles. The number of pyridine rings is 1. The van der Waals surface area contributed by atoms with Gasteiger partial charge in [0.1, 0.15) is 5.54 Å². The van der Waals surface area contributed by atoms with Crippen LogP contribution in [0.2, 0.25) is 0 Å². The molecule has 152 valence electrons. The van der Waals surface area contributed by atoms with E-state index in [1.165, 1.54) is 22.6 Å². The number of hydrogen-bond acceptors (Lipinski definition) is 4. The molecule has 0 radical (unpaired) electrons. The maximum atomic E-state index is 12.8. The highest BCUT2D eigenvalue weighted by Crippen LogP contribution is 2.37. The topological polar surface area (TPSA) is 82.9 Å². The predicted octanol–water partition coefficient (Wildman–Crippen LogP) is 1.15. The van der Waals surface area contributed by atoms with E-state index < -0.39 is 5.54 Å². The largest absolute Gasteiger partial charge is 0.342 e. The van der Waals surface area contributed by atoms with Gasteiger partial charge in [0.25, 0.3) is 11.5 Å². The summed E-state index contributed by atoms with van der Waals surface area (Å²) in [7, 11) is 1.53. The SMILES string of the molecule is CC(C)CN1C(=O)N(C)C(=O)C12CCN(C(=O)CCn1ccccc1=O)CC2. The van der Waals surface area contributed by atoms with Crippen molar-refractivity contribution in [3.63, 3.8) is 0 Å². The highest BCUT2D eigenvalue weighted by Gasteiger charge is 2.57. The molecule has 2 aliphatic rings. The van der Waals surface area contributed by atoms with Crippen molar-refractivity contribution >= 4 is 17.8 Å². The summed E-state index contributed by atoms with van der Waals surface area (Å²) in [4.78, 5) is 54.4. The molecule has 2 aliphatic heterocycles. The molecule has 0 N–H and O–H groups in total. The van der Waals surface area contributed by atoms with Crippen molar-refractivity contribution in [3.05, 3.63) is 34.7 Å². The van der Waals surface area contributed by atoms with Gasteiger partial charge in [0, 0.05) is 51.9 Å². The summed E-state index contributed by atoms with van der Waals surface area (Å²) in [6.07, 6.45) is 2.81. The summed E-state index contributed by atoms with van der Waals surface area (Å²) >= 11 is 0. The van der Waals surface area contributed by atoms with E-state index >= 15 is 0 Å². The quantitative estimate of drug-likeness (QED) is 0.709. The number of likely N-dealkylation sites (N-methyl/N-ethyl adjacent to an activating group) is 1. The molecular formula is C20H28N4O4. The molecule has 28 heavy (non-hydrogen) atoms. The molecule has 3 heterocycles. The van der Waals surface area contributed by atoms with Crippen molar-refractivity contribution in [2.45, 2.75) is 45.2 Å². The Hall–Kier alpha value is -2.64. The zero-order valence-corrected chi connectivity index (χ0v) is 16.8. The minimum absolute atomic E-state index is 0.0360. The van der Waals surface area contributed by atoms with E-state index in [0.29, 0.717) is 39.0 Å². The Labute approximate surface area is 164 Å². The highest BCUT2D eigenvalue weighted by atomic mass is 16.2. The van der Waals surface area contributed by atoms with Gasteiger partial charge < -0.3 is 14.4 Å². The fourth-order valence-electron chi connectivity index (χ4n) is 4.13. The van der Waals surface area contributed by atoms with E-state index in [9.17, 15) is 19.2 Å². The smallest absolute Gasteiger partial charge is 0.327 e. The standard InChI is InChI=1S/C20H28N4O4/c1-15(2)14-24-19(28)21(3)18(27)20(24)8-12-23(13-9-20)17(26)7-11-22-10-5-4-6-16(22)25/h4-6,10,15H,7-9,11-14H2,1-3H3. The summed E-state index contributed by atoms with van der Waals surface area (Å²) in [5.74, 6) is 0.0520. The number of hydrogen-bond donors (Lipinski definition) is 0. The van der Waals surface area contributed by atoms with Crippen LogP contribution >= 0.6 is 0 Å². The van der Waals surface area contributed by atoms with Crippen LogP contribution in [0.5, 0.6) is 0 Å². The number of aromatic nitrogens is 1. The van der Waals surface area contributed by atoms with Gasteiger partial charge in [-0.15, -0.1) is 0 Å². The molecule has 0 atom stereocenters. The third-order valence-electron chi connectivity index (χ3n) is 5.69. The van der Waals surface area contributed by atoms with Crippen molar-refractivity contribution < 1.29 is 14.4 Å². The fourth-order valence-corrected chi connectivity index (χ4v) is 4.13. The molecule has 8 heteroatoms. The monoisotopic (exact) mass is 388 g/mol. The van der Waals surface area contributed by atoms with Crippen LogP contribution in [0.3, 0.4) is 0 Å². The summed E-state index contributed by atoms with van der Waals surface area (Å²) in [6.45, 7) is 5.77. The fraction of sp³-hybridized carbons (Fsp3) is 0.600. The van der Waals surface area contributed by atoms with Gasteiger partial charge in [0.05, 0.1) is 0 Å². The normalized spacial score (nSPS) is 19.2. The van der Waals surface area contributed by atoms with Crippen LogP contribution in [0.25, 0.3) is 0 Å². The van der Waals surface area contributed by atoms with Gasteiger partial charge in [-0.1, -0.05) is 19.9 Å². The van der Waals surface area contributed by atoms with E-state index in [1.54, 1.807) is 28.1 Å². The van der Waals surface area contributed by atoms with E-state index in [0.717, 1.165) is 0 Å². The van der Waals surface area contributed by atoms with Gasteiger partial charge in [-0.3, -0.25) is 19.3 Å². The van der Waals surface area contributed by atoms with Crippen LogP contribution in [-0.2, 0) is 16.1 Å². The summed E-state index contributed by atoms with van der Waals surface area (Å²) < 4.78 is 1.52. The first-order valence-electron chi connectivity index (χ1n) is 9.79. The molecule has 3 rings (SSSR count). The average molecular weight is 388 g/mol. The van der Waals surface area contributed by atoms with Crippen molar-refractivity contribution in [1.82, 2.24) is 19.3 Å². The second kappa shape index (κ2) is 7.77. The molecular weight excluding hydrogens is 360 g/mol. The Kier molecular flexibility index (Phi) is 5.58. The number of amides is 4. The van der Waals surface area contributed by atoms with Crippen LogP contribution in [0, 0.1) is 5.92 Å². The van der Waals surface area contributed by atoms with Gasteiger partial charge in [-0.2, -0.15) is 0 Å². The van der Waals surface area contributed by atoms with Crippen molar-refractivity contribution in [3.8, 4) is 0 Å². The Balaban J connectivity index is 1.64. The molecule has 0 aromatic carbocycles. The number of likely N-dealkylation sites (tertiary alicyclic amines) is 1. The van der Waals surface area contributed by atoms with Crippen LogP contribution in [0.15, 0.2) is 29.2 Å². The van der Waals surface area contributed by atoms with Crippen molar-refractivity contribution in [2.24, 2.45) is 5.92 Å². The molecule has 8 nitrogen and oxygen atoms in total. The van der Waals surface area contributed by atoms with Gasteiger partial charge in [0.2, 0.25) is 5.91 Å². The van der Waals surface area contributed by atoms with Crippen molar-refractivity contribution in [1.29, 1.82) is 0 Å². The van der Waals surface area contributed by atoms with E-state index in [4.69, 9.17) is 0 Å². The second-order valence-corrected chi connectivity index (χ2v) is 8.05. The molecule has 0 bridgehead atoms. The Morgan fingerprint density at radius 3 is 2.43 bits per heavy atom. The van der Waals surface area contributed by atoms with E-state index in [2.05, 4.69) is 0 Å². The Bertz CT molecular complexity index is 823. The van der Waals surface area contributed by atoms with Crippen LogP contribution in [0.4, 0.5) is 4.79 Å². The molecule has 0 unspecified atom stereocenters. The minimum atomic E-state index is -0.830. The maximum absolute atomic E-state index is 12.8. The van der Waals surface area contributed by atoms with E-state index in [1.807, 2.05) is 13.8 Å². The predicted molar refractivity (Wildman–Crippen MR) is 104 cm³/mol. The first-order valence-corrected chi connectivity index (χ1v) is 9.79. The average Bonchev–Trinajstić information content (AvgIpc) is 2.84. The zero-order chi connectivity index (χ0) is 20.5. The lowest BCUT2D eigenvalue weighted by molar-refractivity contribution is -0.140. The number of imide groups is 1. The molecule has 2 saturated heterocycles. The number of carbonyl (C=O) groups is 3. The van der Waals surface area contributed by atoms with Crippen molar-refractivity contribution in [2.75, 3.05) is 26.7 Å². The molecule has 1 aromatic rings. The Morgan fingerprint density at radius 2 is 1.82 bits per heavy atom. The molecule has 0 aliphatic carbocycles. The second-order valence-electron chi connectivity index (χ2n) is 8.05.